The molecule has 4 rings (SSSR count). The van der Waals surface area contributed by atoms with E-state index < -0.39 is 0 Å². The number of unbranched alkanes of at least 4 members (excludes halogenated alkanes) is 76. The van der Waals surface area contributed by atoms with Crippen LogP contribution in [0.5, 0.6) is 46.0 Å². The molecular formula is C122H214N4O8. The highest BCUT2D eigenvalue weighted by Crippen LogP contribution is 2.32. The van der Waals surface area contributed by atoms with Gasteiger partial charge in [0.1, 0.15) is 59.2 Å². The summed E-state index contributed by atoms with van der Waals surface area (Å²) in [6.45, 7) is 16.8. The van der Waals surface area contributed by atoms with Crippen LogP contribution in [-0.4, -0.2) is 88.3 Å². The van der Waals surface area contributed by atoms with Crippen LogP contribution in [0.3, 0.4) is 0 Å². The van der Waals surface area contributed by atoms with Gasteiger partial charge in [-0.2, -0.15) is 0 Å². The van der Waals surface area contributed by atoms with Crippen molar-refractivity contribution in [1.82, 2.24) is 10.6 Å². The number of phenolic OH excluding ortho intramolecular Hbond substituents is 2. The fraction of sp³-hybridized carbons (Fsp3) is 0.787. The molecule has 4 aromatic rings. The van der Waals surface area contributed by atoms with Crippen LogP contribution in [0.4, 0.5) is 0 Å². The predicted octanol–water partition coefficient (Wildman–Crippen LogP) is 37.8. The average Bonchev–Trinajstić information content (AvgIpc) is 0.858. The molecule has 12 heteroatoms. The minimum Gasteiger partial charge on any atom is -0.507 e. The quantitative estimate of drug-likeness (QED) is 0.0249. The standard InChI is InChI=1S/C122H214N4O8/c1-5-9-13-17-21-25-29-33-37-41-45-49-53-57-61-65-69-73-77-81-95-129-117-99-111(100-118(103-117)130-96-82-78-74-70-66-62-58-54-50-46-42-38-34-30-26-22-18-14-10-6-2)109-133-115-87-85-113(121(127)105-115)107-125-93-91-123-89-90-124-92-94-126-108-114-86-88-116(106-122(114)128)134-110-112-101-119(131-97-83-79-75-71-67-63-59-55-51-47-43-39-35-31-27-23-19-15-11-7-3)104-120(102-112)132-98-84-80-76-72-68-64-60-56-52-48-44-40-36-32-28-24-20-16-12-8-4/h85-88,99-108,123-124,127-128H,5-84,89-98,109-110H2,1-4H3. The van der Waals surface area contributed by atoms with Gasteiger partial charge in [-0.1, -0.05) is 516 Å². The van der Waals surface area contributed by atoms with Gasteiger partial charge in [0, 0.05) is 74.0 Å². The van der Waals surface area contributed by atoms with Crippen LogP contribution in [0.1, 0.15) is 564 Å². The van der Waals surface area contributed by atoms with E-state index in [1.165, 1.54) is 488 Å². The lowest BCUT2D eigenvalue weighted by Gasteiger charge is -2.14. The summed E-state index contributed by atoms with van der Waals surface area (Å²) in [5.41, 5.74) is 3.26. The number of aromatic hydroxyl groups is 2. The molecule has 0 bridgehead atoms. The monoisotopic (exact) mass is 1860 g/mol. The molecule has 0 heterocycles. The molecule has 0 aliphatic heterocycles. The van der Waals surface area contributed by atoms with Crippen LogP contribution in [-0.2, 0) is 13.2 Å². The third-order valence-corrected chi connectivity index (χ3v) is 27.5. The molecule has 0 aromatic heterocycles. The zero-order chi connectivity index (χ0) is 95.0. The molecule has 0 unspecified atom stereocenters. The van der Waals surface area contributed by atoms with Gasteiger partial charge in [0.2, 0.25) is 0 Å². The van der Waals surface area contributed by atoms with Gasteiger partial charge in [-0.15, -0.1) is 0 Å². The first-order valence-electron chi connectivity index (χ1n) is 58.5. The fourth-order valence-corrected chi connectivity index (χ4v) is 18.8. The summed E-state index contributed by atoms with van der Waals surface area (Å²) in [6.07, 6.45) is 113. The van der Waals surface area contributed by atoms with Crippen molar-refractivity contribution >= 4 is 12.4 Å². The van der Waals surface area contributed by atoms with Gasteiger partial charge >= 0.3 is 0 Å². The highest BCUT2D eigenvalue weighted by atomic mass is 16.5. The molecule has 4 N–H and O–H groups in total. The molecule has 0 saturated heterocycles. The lowest BCUT2D eigenvalue weighted by Crippen LogP contribution is -2.30. The zero-order valence-electron chi connectivity index (χ0n) is 88.4. The van der Waals surface area contributed by atoms with Crippen LogP contribution < -0.4 is 39.1 Å². The SMILES string of the molecule is CCCCCCCCCCCCCCCCCCCCCCOc1cc(COc2ccc(C=NCCNCCNCCN=Cc3ccc(OCc4cc(OCCCCCCCCCCCCCCCCCCCCCC)cc(OCCCCCCCCCCCCCCCCCCCCCC)c4)cc3O)c(O)c2)cc(OCCCCCCCCCCCCCCCCCCCCCC)c1. The minimum atomic E-state index is 0.132. The number of phenols is 2. The van der Waals surface area contributed by atoms with Crippen molar-refractivity contribution in [1.29, 1.82) is 0 Å². The topological polar surface area (TPSA) is 145 Å². The van der Waals surface area contributed by atoms with E-state index in [1.54, 1.807) is 24.6 Å². The maximum absolute atomic E-state index is 11.1. The van der Waals surface area contributed by atoms with E-state index in [0.29, 0.717) is 88.4 Å². The van der Waals surface area contributed by atoms with Crippen LogP contribution in [0.25, 0.3) is 0 Å². The van der Waals surface area contributed by atoms with E-state index in [-0.39, 0.29) is 11.5 Å². The summed E-state index contributed by atoms with van der Waals surface area (Å²) < 4.78 is 38.3. The third kappa shape index (κ3) is 76.4. The van der Waals surface area contributed by atoms with Gasteiger partial charge in [-0.25, -0.2) is 0 Å². The second-order valence-electron chi connectivity index (χ2n) is 40.5. The average molecular weight is 1870 g/mol. The molecular weight excluding hydrogens is 1650 g/mol. The number of hydrogen-bond acceptors (Lipinski definition) is 12. The molecule has 0 spiro atoms. The molecule has 0 fully saturated rings. The van der Waals surface area contributed by atoms with Crippen LogP contribution in [0.2, 0.25) is 0 Å². The number of hydrogen-bond donors (Lipinski definition) is 4. The van der Waals surface area contributed by atoms with Gasteiger partial charge in [-0.3, -0.25) is 9.98 Å². The molecule has 0 aliphatic carbocycles. The Morgan fingerprint density at radius 2 is 0.381 bits per heavy atom. The summed E-state index contributed by atoms with van der Waals surface area (Å²) in [5.74, 6) is 4.75. The van der Waals surface area contributed by atoms with Crippen molar-refractivity contribution in [3.8, 4) is 46.0 Å². The number of benzene rings is 4. The molecule has 134 heavy (non-hydrogen) atoms. The largest absolute Gasteiger partial charge is 0.507 e. The first-order valence-corrected chi connectivity index (χ1v) is 58.5. The van der Waals surface area contributed by atoms with Crippen molar-refractivity contribution in [2.45, 2.75) is 555 Å². The smallest absolute Gasteiger partial charge is 0.128 e. The van der Waals surface area contributed by atoms with Crippen LogP contribution >= 0.6 is 0 Å². The summed E-state index contributed by atoms with van der Waals surface area (Å²) >= 11 is 0. The van der Waals surface area contributed by atoms with E-state index in [2.05, 4.69) is 84.7 Å². The molecule has 0 radical (unpaired) electrons. The Balaban J connectivity index is 1.12. The van der Waals surface area contributed by atoms with Crippen molar-refractivity contribution in [2.75, 3.05) is 65.7 Å². The Bertz CT molecular complexity index is 2870. The number of nitrogens with one attached hydrogen (secondary N) is 2. The van der Waals surface area contributed by atoms with Gasteiger partial charge in [0.25, 0.3) is 0 Å². The number of ether oxygens (including phenoxy) is 6. The Morgan fingerprint density at radius 1 is 0.201 bits per heavy atom. The molecule has 0 atom stereocenters. The predicted molar refractivity (Wildman–Crippen MR) is 582 cm³/mol. The highest BCUT2D eigenvalue weighted by Gasteiger charge is 2.13. The lowest BCUT2D eigenvalue weighted by molar-refractivity contribution is 0.281. The third-order valence-electron chi connectivity index (χ3n) is 27.5. The van der Waals surface area contributed by atoms with E-state index in [9.17, 15) is 10.2 Å². The summed E-state index contributed by atoms with van der Waals surface area (Å²) in [6, 6.07) is 23.3. The first kappa shape index (κ1) is 121. The summed E-state index contributed by atoms with van der Waals surface area (Å²) in [4.78, 5) is 9.23. The van der Waals surface area contributed by atoms with Crippen molar-refractivity contribution in [2.24, 2.45) is 9.98 Å². The second kappa shape index (κ2) is 95.1. The molecule has 770 valence electrons. The van der Waals surface area contributed by atoms with E-state index in [1.807, 2.05) is 24.3 Å². The summed E-state index contributed by atoms with van der Waals surface area (Å²) in [7, 11) is 0. The Hall–Kier alpha value is -5.46. The van der Waals surface area contributed by atoms with Crippen molar-refractivity contribution in [3.63, 3.8) is 0 Å². The normalized spacial score (nSPS) is 11.7. The van der Waals surface area contributed by atoms with Gasteiger partial charge in [0.05, 0.1) is 39.5 Å². The van der Waals surface area contributed by atoms with Gasteiger partial charge < -0.3 is 49.3 Å². The van der Waals surface area contributed by atoms with Crippen LogP contribution in [0, 0.1) is 0 Å². The minimum absolute atomic E-state index is 0.132. The van der Waals surface area contributed by atoms with Gasteiger partial charge in [-0.05, 0) is 85.3 Å². The Kier molecular flexibility index (Phi) is 85.8. The van der Waals surface area contributed by atoms with Crippen LogP contribution in [0.15, 0.2) is 82.8 Å². The second-order valence-corrected chi connectivity index (χ2v) is 40.5. The molecule has 0 amide bonds. The zero-order valence-corrected chi connectivity index (χ0v) is 88.4. The van der Waals surface area contributed by atoms with Crippen molar-refractivity contribution < 1.29 is 38.6 Å². The molecule has 0 saturated carbocycles. The molecule has 4 aromatic carbocycles. The van der Waals surface area contributed by atoms with Crippen molar-refractivity contribution in [3.05, 3.63) is 95.1 Å². The maximum atomic E-state index is 11.1. The first-order chi connectivity index (χ1) is 66.4. The maximum Gasteiger partial charge on any atom is 0.128 e. The van der Waals surface area contributed by atoms with E-state index >= 15 is 0 Å². The Morgan fingerprint density at radius 3 is 0.560 bits per heavy atom. The highest BCUT2D eigenvalue weighted by molar-refractivity contribution is 5.84. The van der Waals surface area contributed by atoms with E-state index in [4.69, 9.17) is 28.4 Å². The van der Waals surface area contributed by atoms with Gasteiger partial charge in [0.15, 0.2) is 0 Å². The fourth-order valence-electron chi connectivity index (χ4n) is 18.8. The number of aliphatic imine (C=N–C) groups is 2. The van der Waals surface area contributed by atoms with E-state index in [0.717, 1.165) is 72.9 Å². The lowest BCUT2D eigenvalue weighted by atomic mass is 10.0. The molecule has 0 aliphatic rings. The summed E-state index contributed by atoms with van der Waals surface area (Å²) in [5, 5.41) is 29.1. The number of nitrogens with zero attached hydrogens (tertiary/aromatic N) is 2. The number of rotatable bonds is 105. The Labute approximate surface area is 828 Å². The molecule has 12 nitrogen and oxygen atoms in total.